The molecular formula is C22H26N4O8S. The summed E-state index contributed by atoms with van der Waals surface area (Å²) in [5, 5.41) is 37.2. The Hall–Kier alpha value is -3.65. The number of azo groups is 1. The highest BCUT2D eigenvalue weighted by molar-refractivity contribution is 7.86. The van der Waals surface area contributed by atoms with E-state index in [0.717, 1.165) is 6.07 Å². The van der Waals surface area contributed by atoms with Crippen molar-refractivity contribution in [2.24, 2.45) is 10.2 Å². The minimum absolute atomic E-state index is 0.0736. The standard InChI is InChI=1S/C22H26N4O8S/c23-14-4-3-13-9-20(35(30,31)32)21(22(29)15(13)10-14)26-25-17-12-18(33-7-1-5-27)16(24)11-19(17)34-8-2-6-28/h3-4,9-12,27-29H,1-2,5-8,23-24H2,(H,30,31,32). The zero-order valence-corrected chi connectivity index (χ0v) is 19.4. The van der Waals surface area contributed by atoms with Gasteiger partial charge in [0.05, 0.1) is 18.9 Å². The molecule has 0 atom stereocenters. The summed E-state index contributed by atoms with van der Waals surface area (Å²) in [6.07, 6.45) is 0.682. The molecule has 13 heteroatoms. The van der Waals surface area contributed by atoms with Crippen molar-refractivity contribution in [1.29, 1.82) is 0 Å². The van der Waals surface area contributed by atoms with E-state index < -0.39 is 26.5 Å². The van der Waals surface area contributed by atoms with Gasteiger partial charge < -0.3 is 36.3 Å². The third-order valence-corrected chi connectivity index (χ3v) is 5.69. The molecule has 0 aliphatic heterocycles. The average molecular weight is 507 g/mol. The van der Waals surface area contributed by atoms with Crippen molar-refractivity contribution < 1.29 is 37.8 Å². The fourth-order valence-electron chi connectivity index (χ4n) is 3.13. The van der Waals surface area contributed by atoms with E-state index in [0.29, 0.717) is 23.9 Å². The number of aliphatic hydroxyl groups excluding tert-OH is 2. The summed E-state index contributed by atoms with van der Waals surface area (Å²) in [7, 11) is -4.79. The molecule has 0 fully saturated rings. The Morgan fingerprint density at radius 1 is 0.886 bits per heavy atom. The van der Waals surface area contributed by atoms with Crippen LogP contribution in [-0.2, 0) is 10.1 Å². The fourth-order valence-corrected chi connectivity index (χ4v) is 3.79. The van der Waals surface area contributed by atoms with Crippen LogP contribution in [0.1, 0.15) is 12.8 Å². The number of ether oxygens (including phenoxy) is 2. The number of hydrogen-bond donors (Lipinski definition) is 6. The first-order valence-corrected chi connectivity index (χ1v) is 11.9. The first kappa shape index (κ1) is 26.0. The second kappa shape index (κ2) is 11.2. The molecule has 0 heterocycles. The van der Waals surface area contributed by atoms with Crippen molar-refractivity contribution in [3.05, 3.63) is 36.4 Å². The van der Waals surface area contributed by atoms with Gasteiger partial charge in [-0.2, -0.15) is 8.42 Å². The normalized spacial score (nSPS) is 11.9. The Balaban J connectivity index is 2.13. The summed E-state index contributed by atoms with van der Waals surface area (Å²) in [5.74, 6) is -0.177. The fraction of sp³-hybridized carbons (Fsp3) is 0.273. The molecule has 35 heavy (non-hydrogen) atoms. The highest BCUT2D eigenvalue weighted by atomic mass is 32.2. The average Bonchev–Trinajstić information content (AvgIpc) is 2.80. The van der Waals surface area contributed by atoms with Gasteiger partial charge in [-0.15, -0.1) is 10.2 Å². The summed E-state index contributed by atoms with van der Waals surface area (Å²) >= 11 is 0. The predicted octanol–water partition coefficient (Wildman–Crippen LogP) is 2.89. The van der Waals surface area contributed by atoms with E-state index in [2.05, 4.69) is 10.2 Å². The summed E-state index contributed by atoms with van der Waals surface area (Å²) in [5.41, 5.74) is 11.9. The number of phenols is 1. The van der Waals surface area contributed by atoms with Gasteiger partial charge in [0.2, 0.25) is 0 Å². The number of nitrogens with zero attached hydrogens (tertiary/aromatic N) is 2. The van der Waals surface area contributed by atoms with Crippen molar-refractivity contribution >= 4 is 43.6 Å². The highest BCUT2D eigenvalue weighted by Gasteiger charge is 2.22. The van der Waals surface area contributed by atoms with Crippen LogP contribution >= 0.6 is 0 Å². The summed E-state index contributed by atoms with van der Waals surface area (Å²) < 4.78 is 44.9. The van der Waals surface area contributed by atoms with E-state index >= 15 is 0 Å². The SMILES string of the molecule is Nc1ccc2cc(S(=O)(=O)O)c(N=Nc3cc(OCCCO)c(N)cc3OCCCO)c(O)c2c1. The zero-order valence-electron chi connectivity index (χ0n) is 18.6. The Bertz CT molecular complexity index is 1350. The molecule has 3 rings (SSSR count). The molecule has 12 nitrogen and oxygen atoms in total. The first-order chi connectivity index (χ1) is 16.7. The molecule has 0 spiro atoms. The molecule has 0 saturated carbocycles. The number of rotatable bonds is 11. The molecule has 0 aromatic heterocycles. The lowest BCUT2D eigenvalue weighted by atomic mass is 10.1. The van der Waals surface area contributed by atoms with Gasteiger partial charge in [0.25, 0.3) is 10.1 Å². The van der Waals surface area contributed by atoms with Crippen LogP contribution in [0.5, 0.6) is 17.2 Å². The largest absolute Gasteiger partial charge is 0.505 e. The Morgan fingerprint density at radius 2 is 1.54 bits per heavy atom. The lowest BCUT2D eigenvalue weighted by Crippen LogP contribution is -2.04. The number of hydrogen-bond acceptors (Lipinski definition) is 11. The minimum Gasteiger partial charge on any atom is -0.505 e. The maximum absolute atomic E-state index is 12.0. The topological polar surface area (TPSA) is 210 Å². The van der Waals surface area contributed by atoms with Gasteiger partial charge in [-0.25, -0.2) is 0 Å². The summed E-state index contributed by atoms with van der Waals surface area (Å²) in [6.45, 7) is 0.0984. The molecule has 0 amide bonds. The zero-order chi connectivity index (χ0) is 25.6. The third kappa shape index (κ3) is 6.27. The lowest BCUT2D eigenvalue weighted by Gasteiger charge is -2.13. The second-order valence-corrected chi connectivity index (χ2v) is 8.83. The minimum atomic E-state index is -4.79. The van der Waals surface area contributed by atoms with Crippen molar-refractivity contribution in [3.8, 4) is 17.2 Å². The monoisotopic (exact) mass is 506 g/mol. The second-order valence-electron chi connectivity index (χ2n) is 7.44. The van der Waals surface area contributed by atoms with Gasteiger partial charge in [0.1, 0.15) is 27.8 Å². The number of nitrogen functional groups attached to an aromatic ring is 2. The third-order valence-electron chi connectivity index (χ3n) is 4.82. The molecule has 0 unspecified atom stereocenters. The van der Waals surface area contributed by atoms with Gasteiger partial charge in [0, 0.05) is 49.3 Å². The molecule has 0 saturated heterocycles. The van der Waals surface area contributed by atoms with Crippen LogP contribution in [0.15, 0.2) is 51.5 Å². The van der Waals surface area contributed by atoms with Crippen LogP contribution < -0.4 is 20.9 Å². The first-order valence-electron chi connectivity index (χ1n) is 10.5. The molecule has 0 aliphatic carbocycles. The quantitative estimate of drug-likeness (QED) is 0.0968. The molecule has 8 N–H and O–H groups in total. The highest BCUT2D eigenvalue weighted by Crippen LogP contribution is 2.43. The van der Waals surface area contributed by atoms with Gasteiger partial charge in [-0.05, 0) is 23.6 Å². The number of aliphatic hydroxyl groups is 2. The van der Waals surface area contributed by atoms with Crippen LogP contribution in [-0.4, -0.2) is 54.7 Å². The van der Waals surface area contributed by atoms with Gasteiger partial charge in [0.15, 0.2) is 5.75 Å². The van der Waals surface area contributed by atoms with Gasteiger partial charge >= 0.3 is 0 Å². The molecular weight excluding hydrogens is 480 g/mol. The van der Waals surface area contributed by atoms with Gasteiger partial charge in [-0.3, -0.25) is 4.55 Å². The Morgan fingerprint density at radius 3 is 2.17 bits per heavy atom. The van der Waals surface area contributed by atoms with E-state index in [1.165, 1.54) is 30.3 Å². The number of aromatic hydroxyl groups is 1. The van der Waals surface area contributed by atoms with Crippen LogP contribution in [0.4, 0.5) is 22.7 Å². The number of anilines is 2. The smallest absolute Gasteiger partial charge is 0.296 e. The Kier molecular flexibility index (Phi) is 8.30. The van der Waals surface area contributed by atoms with Crippen molar-refractivity contribution in [1.82, 2.24) is 0 Å². The maximum Gasteiger partial charge on any atom is 0.296 e. The van der Waals surface area contributed by atoms with Crippen LogP contribution in [0.2, 0.25) is 0 Å². The Labute approximate surface area is 201 Å². The number of fused-ring (bicyclic) bond motifs is 1. The molecule has 0 bridgehead atoms. The summed E-state index contributed by atoms with van der Waals surface area (Å²) in [4.78, 5) is -0.659. The van der Waals surface area contributed by atoms with E-state index in [1.54, 1.807) is 0 Å². The van der Waals surface area contributed by atoms with Crippen molar-refractivity contribution in [2.75, 3.05) is 37.9 Å². The van der Waals surface area contributed by atoms with Crippen molar-refractivity contribution in [2.45, 2.75) is 17.7 Å². The van der Waals surface area contributed by atoms with Crippen LogP contribution in [0, 0.1) is 0 Å². The maximum atomic E-state index is 12.0. The predicted molar refractivity (Wildman–Crippen MR) is 129 cm³/mol. The van der Waals surface area contributed by atoms with Crippen LogP contribution in [0.25, 0.3) is 10.8 Å². The van der Waals surface area contributed by atoms with Crippen molar-refractivity contribution in [3.63, 3.8) is 0 Å². The molecule has 188 valence electrons. The van der Waals surface area contributed by atoms with E-state index in [1.807, 2.05) is 0 Å². The number of nitrogens with two attached hydrogens (primary N) is 2. The lowest BCUT2D eigenvalue weighted by molar-refractivity contribution is 0.231. The number of phenolic OH excluding ortho intramolecular Hbond substituents is 1. The van der Waals surface area contributed by atoms with E-state index in [-0.39, 0.29) is 54.7 Å². The molecule has 0 aliphatic rings. The van der Waals surface area contributed by atoms with E-state index in [4.69, 9.17) is 31.2 Å². The van der Waals surface area contributed by atoms with E-state index in [9.17, 15) is 18.1 Å². The molecule has 0 radical (unpaired) electrons. The van der Waals surface area contributed by atoms with Crippen LogP contribution in [0.3, 0.4) is 0 Å². The van der Waals surface area contributed by atoms with Gasteiger partial charge in [-0.1, -0.05) is 6.07 Å². The molecule has 3 aromatic carbocycles. The number of benzene rings is 3. The summed E-state index contributed by atoms with van der Waals surface area (Å²) in [6, 6.07) is 8.39. The molecule has 3 aromatic rings.